The van der Waals surface area contributed by atoms with Gasteiger partial charge in [-0.15, -0.1) is 10.2 Å². The molecule has 0 bridgehead atoms. The number of amides is 1. The van der Waals surface area contributed by atoms with Crippen LogP contribution in [0.25, 0.3) is 11.4 Å². The maximum atomic E-state index is 12.3. The molecule has 2 heterocycles. The van der Waals surface area contributed by atoms with Crippen LogP contribution in [0, 0.1) is 17.0 Å². The fourth-order valence-corrected chi connectivity index (χ4v) is 3.18. The SMILES string of the molecule is Cc1cccc([N+](=O)[O-])c1NC(=O)CSc1nnc(-c2ccncc2)n1C. The first kappa shape index (κ1) is 18.5. The second-order valence-corrected chi connectivity index (χ2v) is 6.61. The van der Waals surface area contributed by atoms with Gasteiger partial charge in [-0.05, 0) is 24.6 Å². The van der Waals surface area contributed by atoms with Crippen LogP contribution in [0.1, 0.15) is 5.56 Å². The van der Waals surface area contributed by atoms with Crippen LogP contribution in [0.2, 0.25) is 0 Å². The van der Waals surface area contributed by atoms with Crippen molar-refractivity contribution in [2.75, 3.05) is 11.1 Å². The predicted molar refractivity (Wildman–Crippen MR) is 101 cm³/mol. The Morgan fingerprint density at radius 1 is 1.26 bits per heavy atom. The normalized spacial score (nSPS) is 10.6. The number of para-hydroxylation sites is 1. The summed E-state index contributed by atoms with van der Waals surface area (Å²) in [5.74, 6) is 0.356. The van der Waals surface area contributed by atoms with Crippen LogP contribution in [0.4, 0.5) is 11.4 Å². The average molecular weight is 384 g/mol. The third-order valence-electron chi connectivity index (χ3n) is 3.82. The highest BCUT2D eigenvalue weighted by molar-refractivity contribution is 7.99. The number of thioether (sulfide) groups is 1. The van der Waals surface area contributed by atoms with E-state index in [1.165, 1.54) is 17.8 Å². The first-order chi connectivity index (χ1) is 13.0. The molecule has 0 saturated carbocycles. The molecule has 0 aliphatic carbocycles. The van der Waals surface area contributed by atoms with Crippen molar-refractivity contribution >= 4 is 29.0 Å². The number of benzene rings is 1. The molecule has 1 amide bonds. The molecule has 0 spiro atoms. The van der Waals surface area contributed by atoms with Crippen LogP contribution >= 0.6 is 11.8 Å². The molecule has 27 heavy (non-hydrogen) atoms. The van der Waals surface area contributed by atoms with E-state index in [1.807, 2.05) is 19.2 Å². The van der Waals surface area contributed by atoms with E-state index in [0.29, 0.717) is 16.5 Å². The quantitative estimate of drug-likeness (QED) is 0.394. The largest absolute Gasteiger partial charge is 0.319 e. The van der Waals surface area contributed by atoms with Gasteiger partial charge in [-0.1, -0.05) is 23.9 Å². The number of nitrogens with zero attached hydrogens (tertiary/aromatic N) is 5. The summed E-state index contributed by atoms with van der Waals surface area (Å²) in [7, 11) is 1.81. The fourth-order valence-electron chi connectivity index (χ4n) is 2.47. The smallest absolute Gasteiger partial charge is 0.293 e. The van der Waals surface area contributed by atoms with E-state index >= 15 is 0 Å². The Morgan fingerprint density at radius 2 is 2.00 bits per heavy atom. The molecule has 3 aromatic rings. The number of nitro benzene ring substituents is 1. The molecule has 9 nitrogen and oxygen atoms in total. The number of hydrogen-bond donors (Lipinski definition) is 1. The molecule has 0 radical (unpaired) electrons. The Bertz CT molecular complexity index is 990. The Labute approximate surface area is 159 Å². The number of nitrogens with one attached hydrogen (secondary N) is 1. The van der Waals surface area contributed by atoms with Crippen LogP contribution in [-0.4, -0.2) is 36.3 Å². The summed E-state index contributed by atoms with van der Waals surface area (Å²) in [6.45, 7) is 1.71. The zero-order valence-electron chi connectivity index (χ0n) is 14.6. The third-order valence-corrected chi connectivity index (χ3v) is 4.84. The highest BCUT2D eigenvalue weighted by Crippen LogP contribution is 2.28. The number of hydrogen-bond acceptors (Lipinski definition) is 7. The molecular formula is C17H16N6O3S. The third kappa shape index (κ3) is 4.11. The molecule has 10 heteroatoms. The Morgan fingerprint density at radius 3 is 2.70 bits per heavy atom. The first-order valence-corrected chi connectivity index (χ1v) is 8.92. The van der Waals surface area contributed by atoms with Crippen LogP contribution < -0.4 is 5.32 Å². The highest BCUT2D eigenvalue weighted by Gasteiger charge is 2.18. The number of pyridine rings is 1. The van der Waals surface area contributed by atoms with E-state index < -0.39 is 4.92 Å². The Hall–Kier alpha value is -3.27. The lowest BCUT2D eigenvalue weighted by atomic mass is 10.1. The van der Waals surface area contributed by atoms with Crippen molar-refractivity contribution in [1.82, 2.24) is 19.7 Å². The van der Waals surface area contributed by atoms with Crippen molar-refractivity contribution in [3.05, 3.63) is 58.4 Å². The average Bonchev–Trinajstić information content (AvgIpc) is 3.02. The van der Waals surface area contributed by atoms with E-state index in [-0.39, 0.29) is 23.0 Å². The number of rotatable bonds is 6. The summed E-state index contributed by atoms with van der Waals surface area (Å²) in [4.78, 5) is 26.9. The summed E-state index contributed by atoms with van der Waals surface area (Å²) >= 11 is 1.20. The number of nitro groups is 1. The lowest BCUT2D eigenvalue weighted by molar-refractivity contribution is -0.384. The lowest BCUT2D eigenvalue weighted by Crippen LogP contribution is -2.16. The number of carbonyl (C=O) groups is 1. The van der Waals surface area contributed by atoms with Gasteiger partial charge in [-0.3, -0.25) is 19.9 Å². The van der Waals surface area contributed by atoms with Gasteiger partial charge in [-0.2, -0.15) is 0 Å². The second kappa shape index (κ2) is 7.96. The van der Waals surface area contributed by atoms with E-state index in [9.17, 15) is 14.9 Å². The number of aryl methyl sites for hydroxylation is 1. The van der Waals surface area contributed by atoms with E-state index in [4.69, 9.17) is 0 Å². The molecular weight excluding hydrogens is 368 g/mol. The minimum atomic E-state index is -0.514. The Balaban J connectivity index is 1.69. The fraction of sp³-hybridized carbons (Fsp3) is 0.176. The van der Waals surface area contributed by atoms with Crippen LogP contribution in [0.5, 0.6) is 0 Å². The van der Waals surface area contributed by atoms with E-state index in [1.54, 1.807) is 36.0 Å². The Kier molecular flexibility index (Phi) is 5.46. The summed E-state index contributed by atoms with van der Waals surface area (Å²) < 4.78 is 1.78. The van der Waals surface area contributed by atoms with Crippen molar-refractivity contribution in [2.24, 2.45) is 7.05 Å². The van der Waals surface area contributed by atoms with Crippen LogP contribution in [0.15, 0.2) is 47.9 Å². The molecule has 0 aliphatic rings. The van der Waals surface area contributed by atoms with Gasteiger partial charge in [0.05, 0.1) is 10.7 Å². The second-order valence-electron chi connectivity index (χ2n) is 5.66. The molecule has 138 valence electrons. The van der Waals surface area contributed by atoms with Crippen LogP contribution in [-0.2, 0) is 11.8 Å². The standard InChI is InChI=1S/C17H16N6O3S/c1-11-4-3-5-13(23(25)26)15(11)19-14(24)10-27-17-21-20-16(22(17)2)12-6-8-18-9-7-12/h3-9H,10H2,1-2H3,(H,19,24). The lowest BCUT2D eigenvalue weighted by Gasteiger charge is -2.08. The van der Waals surface area contributed by atoms with Gasteiger partial charge in [0.2, 0.25) is 5.91 Å². The molecule has 2 aromatic heterocycles. The minimum Gasteiger partial charge on any atom is -0.319 e. The van der Waals surface area contributed by atoms with Gasteiger partial charge in [0.25, 0.3) is 5.69 Å². The van der Waals surface area contributed by atoms with Crippen LogP contribution in [0.3, 0.4) is 0 Å². The van der Waals surface area contributed by atoms with Gasteiger partial charge >= 0.3 is 0 Å². The molecule has 0 fully saturated rings. The topological polar surface area (TPSA) is 116 Å². The van der Waals surface area contributed by atoms with Crippen molar-refractivity contribution in [3.63, 3.8) is 0 Å². The monoisotopic (exact) mass is 384 g/mol. The maximum Gasteiger partial charge on any atom is 0.293 e. The molecule has 0 aliphatic heterocycles. The van der Waals surface area contributed by atoms with Gasteiger partial charge in [0, 0.05) is 31.1 Å². The molecule has 0 unspecified atom stereocenters. The summed E-state index contributed by atoms with van der Waals surface area (Å²) in [5.41, 5.74) is 1.57. The van der Waals surface area contributed by atoms with Crippen molar-refractivity contribution in [3.8, 4) is 11.4 Å². The molecule has 1 N–H and O–H groups in total. The molecule has 3 rings (SSSR count). The van der Waals surface area contributed by atoms with Crippen molar-refractivity contribution in [1.29, 1.82) is 0 Å². The van der Waals surface area contributed by atoms with Crippen molar-refractivity contribution < 1.29 is 9.72 Å². The summed E-state index contributed by atoms with van der Waals surface area (Å²) in [5, 5.41) is 22.6. The zero-order valence-corrected chi connectivity index (χ0v) is 15.4. The van der Waals surface area contributed by atoms with Gasteiger partial charge in [-0.25, -0.2) is 0 Å². The minimum absolute atomic E-state index is 0.0494. The number of carbonyl (C=O) groups excluding carboxylic acids is 1. The van der Waals surface area contributed by atoms with Crippen molar-refractivity contribution in [2.45, 2.75) is 12.1 Å². The number of anilines is 1. The van der Waals surface area contributed by atoms with Gasteiger partial charge in [0.1, 0.15) is 5.69 Å². The zero-order chi connectivity index (χ0) is 19.4. The summed E-state index contributed by atoms with van der Waals surface area (Å²) in [6.07, 6.45) is 3.33. The van der Waals surface area contributed by atoms with Gasteiger partial charge in [0.15, 0.2) is 11.0 Å². The summed E-state index contributed by atoms with van der Waals surface area (Å²) in [6, 6.07) is 8.29. The number of aromatic nitrogens is 4. The molecule has 0 saturated heterocycles. The van der Waals surface area contributed by atoms with E-state index in [2.05, 4.69) is 20.5 Å². The highest BCUT2D eigenvalue weighted by atomic mass is 32.2. The first-order valence-electron chi connectivity index (χ1n) is 7.94. The maximum absolute atomic E-state index is 12.3. The molecule has 1 aromatic carbocycles. The van der Waals surface area contributed by atoms with E-state index in [0.717, 1.165) is 5.56 Å². The predicted octanol–water partition coefficient (Wildman–Crippen LogP) is 2.82. The van der Waals surface area contributed by atoms with Gasteiger partial charge < -0.3 is 9.88 Å². The molecule has 0 atom stereocenters.